The molecule has 0 aromatic rings. The lowest BCUT2D eigenvalue weighted by Gasteiger charge is -2.29. The van der Waals surface area contributed by atoms with Crippen LogP contribution in [-0.4, -0.2) is 60.1 Å². The highest BCUT2D eigenvalue weighted by molar-refractivity contribution is 5.88. The quantitative estimate of drug-likeness (QED) is 0.674. The van der Waals surface area contributed by atoms with Gasteiger partial charge in [0.2, 0.25) is 11.8 Å². The summed E-state index contributed by atoms with van der Waals surface area (Å²) in [6, 6.07) is -0.635. The van der Waals surface area contributed by atoms with Gasteiger partial charge < -0.3 is 20.1 Å². The lowest BCUT2D eigenvalue weighted by molar-refractivity contribution is -0.140. The molecule has 0 saturated carbocycles. The van der Waals surface area contributed by atoms with E-state index in [4.69, 9.17) is 9.84 Å². The van der Waals surface area contributed by atoms with E-state index in [1.165, 1.54) is 0 Å². The first-order chi connectivity index (χ1) is 8.50. The summed E-state index contributed by atoms with van der Waals surface area (Å²) in [6.45, 7) is 3.65. The zero-order valence-corrected chi connectivity index (χ0v) is 10.3. The maximum atomic E-state index is 11.9. The molecule has 7 heteroatoms. The number of nitrogens with zero attached hydrogens (tertiary/aromatic N) is 1. The second kappa shape index (κ2) is 6.95. The van der Waals surface area contributed by atoms with Gasteiger partial charge in [-0.1, -0.05) is 0 Å². The number of morpholine rings is 1. The van der Waals surface area contributed by atoms with Gasteiger partial charge in [-0.2, -0.15) is 0 Å². The molecule has 2 N–H and O–H groups in total. The normalized spacial score (nSPS) is 17.1. The molecule has 1 heterocycles. The Morgan fingerprint density at radius 1 is 1.28 bits per heavy atom. The Labute approximate surface area is 105 Å². The molecule has 0 aromatic carbocycles. The number of aliphatic carboxylic acids is 1. The van der Waals surface area contributed by atoms with Crippen molar-refractivity contribution in [2.75, 3.05) is 26.3 Å². The van der Waals surface area contributed by atoms with E-state index in [9.17, 15) is 14.4 Å². The summed E-state index contributed by atoms with van der Waals surface area (Å²) in [5, 5.41) is 10.9. The van der Waals surface area contributed by atoms with Gasteiger partial charge in [-0.15, -0.1) is 0 Å². The van der Waals surface area contributed by atoms with Crippen molar-refractivity contribution in [3.63, 3.8) is 0 Å². The average molecular weight is 258 g/mol. The number of ether oxygens (including phenoxy) is 1. The van der Waals surface area contributed by atoms with Gasteiger partial charge in [-0.25, -0.2) is 0 Å². The molecule has 0 aliphatic carbocycles. The number of amides is 2. The monoisotopic (exact) mass is 258 g/mol. The van der Waals surface area contributed by atoms with Crippen molar-refractivity contribution >= 4 is 17.8 Å². The van der Waals surface area contributed by atoms with Crippen molar-refractivity contribution < 1.29 is 24.2 Å². The predicted molar refractivity (Wildman–Crippen MR) is 61.9 cm³/mol. The first-order valence-electron chi connectivity index (χ1n) is 5.88. The molecule has 1 fully saturated rings. The van der Waals surface area contributed by atoms with Gasteiger partial charge in [0, 0.05) is 19.5 Å². The van der Waals surface area contributed by atoms with Crippen LogP contribution in [0.4, 0.5) is 0 Å². The smallest absolute Gasteiger partial charge is 0.303 e. The largest absolute Gasteiger partial charge is 0.481 e. The van der Waals surface area contributed by atoms with Crippen LogP contribution in [0.1, 0.15) is 19.8 Å². The van der Waals surface area contributed by atoms with Crippen LogP contribution in [-0.2, 0) is 19.1 Å². The summed E-state index contributed by atoms with van der Waals surface area (Å²) >= 11 is 0. The van der Waals surface area contributed by atoms with Gasteiger partial charge in [0.05, 0.1) is 19.6 Å². The second-order valence-corrected chi connectivity index (χ2v) is 4.12. The Kier molecular flexibility index (Phi) is 5.57. The third-order valence-electron chi connectivity index (χ3n) is 2.64. The molecule has 7 nitrogen and oxygen atoms in total. The molecular weight excluding hydrogens is 240 g/mol. The highest BCUT2D eigenvalue weighted by Gasteiger charge is 2.23. The van der Waals surface area contributed by atoms with Crippen molar-refractivity contribution in [1.29, 1.82) is 0 Å². The van der Waals surface area contributed by atoms with Gasteiger partial charge in [-0.3, -0.25) is 14.4 Å². The summed E-state index contributed by atoms with van der Waals surface area (Å²) in [6.07, 6.45) is -0.347. The lowest BCUT2D eigenvalue weighted by atomic mass is 10.2. The molecule has 1 saturated heterocycles. The van der Waals surface area contributed by atoms with E-state index in [0.717, 1.165) is 0 Å². The lowest BCUT2D eigenvalue weighted by Crippen LogP contribution is -2.50. The summed E-state index contributed by atoms with van der Waals surface area (Å²) in [4.78, 5) is 35.2. The number of carbonyl (C=O) groups is 3. The molecule has 0 aromatic heterocycles. The maximum Gasteiger partial charge on any atom is 0.303 e. The number of carboxylic acid groups (broad SMARTS) is 1. The zero-order valence-electron chi connectivity index (χ0n) is 10.3. The molecule has 0 spiro atoms. The molecule has 1 unspecified atom stereocenters. The topological polar surface area (TPSA) is 95.9 Å². The van der Waals surface area contributed by atoms with E-state index in [-0.39, 0.29) is 18.7 Å². The number of nitrogens with one attached hydrogen (secondary N) is 1. The summed E-state index contributed by atoms with van der Waals surface area (Å²) in [5.74, 6) is -1.62. The van der Waals surface area contributed by atoms with Crippen LogP contribution < -0.4 is 5.32 Å². The van der Waals surface area contributed by atoms with Crippen LogP contribution in [0, 0.1) is 0 Å². The number of hydrogen-bond donors (Lipinski definition) is 2. The Morgan fingerprint density at radius 3 is 2.44 bits per heavy atom. The molecule has 18 heavy (non-hydrogen) atoms. The van der Waals surface area contributed by atoms with Crippen molar-refractivity contribution in [3.05, 3.63) is 0 Å². The number of carboxylic acids is 1. The first-order valence-corrected chi connectivity index (χ1v) is 5.88. The molecule has 0 bridgehead atoms. The van der Waals surface area contributed by atoms with Gasteiger partial charge in [0.1, 0.15) is 6.04 Å². The van der Waals surface area contributed by atoms with Gasteiger partial charge in [0.15, 0.2) is 0 Å². The Morgan fingerprint density at radius 2 is 1.89 bits per heavy atom. The minimum Gasteiger partial charge on any atom is -0.481 e. The maximum absolute atomic E-state index is 11.9. The standard InChI is InChI=1S/C11H18N2O5/c1-8(12-9(14)2-3-10(15)16)11(17)13-4-6-18-7-5-13/h8H,2-7H2,1H3,(H,12,14)(H,15,16). The van der Waals surface area contributed by atoms with Crippen LogP contribution >= 0.6 is 0 Å². The van der Waals surface area contributed by atoms with Crippen LogP contribution in [0.25, 0.3) is 0 Å². The van der Waals surface area contributed by atoms with Crippen LogP contribution in [0.3, 0.4) is 0 Å². The van der Waals surface area contributed by atoms with E-state index < -0.39 is 17.9 Å². The average Bonchev–Trinajstić information content (AvgIpc) is 2.36. The van der Waals surface area contributed by atoms with Gasteiger partial charge in [-0.05, 0) is 6.92 Å². The van der Waals surface area contributed by atoms with E-state index in [0.29, 0.717) is 26.3 Å². The summed E-state index contributed by atoms with van der Waals surface area (Å²) < 4.78 is 5.13. The van der Waals surface area contributed by atoms with Crippen molar-refractivity contribution in [2.24, 2.45) is 0 Å². The fourth-order valence-corrected chi connectivity index (χ4v) is 1.65. The second-order valence-electron chi connectivity index (χ2n) is 4.12. The Hall–Kier alpha value is -1.63. The number of rotatable bonds is 5. The predicted octanol–water partition coefficient (Wildman–Crippen LogP) is -0.785. The van der Waals surface area contributed by atoms with Crippen LogP contribution in [0.5, 0.6) is 0 Å². The summed E-state index contributed by atoms with van der Waals surface area (Å²) in [5.41, 5.74) is 0. The van der Waals surface area contributed by atoms with Crippen LogP contribution in [0.15, 0.2) is 0 Å². The van der Waals surface area contributed by atoms with Crippen molar-refractivity contribution in [1.82, 2.24) is 10.2 Å². The third-order valence-corrected chi connectivity index (χ3v) is 2.64. The molecule has 1 rings (SSSR count). The summed E-state index contributed by atoms with van der Waals surface area (Å²) in [7, 11) is 0. The third kappa shape index (κ3) is 4.70. The first kappa shape index (κ1) is 14.4. The zero-order chi connectivity index (χ0) is 13.5. The molecule has 2 amide bonds. The highest BCUT2D eigenvalue weighted by atomic mass is 16.5. The molecular formula is C11H18N2O5. The van der Waals surface area contributed by atoms with Gasteiger partial charge >= 0.3 is 5.97 Å². The fraction of sp³-hybridized carbons (Fsp3) is 0.727. The Bertz CT molecular complexity index is 325. The van der Waals surface area contributed by atoms with E-state index in [1.54, 1.807) is 11.8 Å². The van der Waals surface area contributed by atoms with E-state index in [2.05, 4.69) is 5.32 Å². The van der Waals surface area contributed by atoms with E-state index in [1.807, 2.05) is 0 Å². The SMILES string of the molecule is CC(NC(=O)CCC(=O)O)C(=O)N1CCOCC1. The van der Waals surface area contributed by atoms with Crippen molar-refractivity contribution in [3.8, 4) is 0 Å². The molecule has 102 valence electrons. The molecule has 1 atom stereocenters. The number of carbonyl (C=O) groups excluding carboxylic acids is 2. The van der Waals surface area contributed by atoms with Crippen molar-refractivity contribution in [2.45, 2.75) is 25.8 Å². The molecule has 0 radical (unpaired) electrons. The minimum atomic E-state index is -1.03. The molecule has 1 aliphatic rings. The fourth-order valence-electron chi connectivity index (χ4n) is 1.65. The number of hydrogen-bond acceptors (Lipinski definition) is 4. The molecule has 1 aliphatic heterocycles. The van der Waals surface area contributed by atoms with E-state index >= 15 is 0 Å². The van der Waals surface area contributed by atoms with Gasteiger partial charge in [0.25, 0.3) is 0 Å². The minimum absolute atomic E-state index is 0.115. The highest BCUT2D eigenvalue weighted by Crippen LogP contribution is 2.01. The van der Waals surface area contributed by atoms with Crippen LogP contribution in [0.2, 0.25) is 0 Å². The Balaban J connectivity index is 2.34.